The van der Waals surface area contributed by atoms with E-state index in [1.807, 2.05) is 12.1 Å². The molecular weight excluding hydrogens is 226 g/mol. The van der Waals surface area contributed by atoms with Gasteiger partial charge in [-0.05, 0) is 36.4 Å². The number of nitrogens with two attached hydrogens (primary N) is 2. The van der Waals surface area contributed by atoms with Gasteiger partial charge in [0.15, 0.2) is 0 Å². The number of anilines is 3. The fraction of sp³-hybridized carbons (Fsp3) is 0.0714. The van der Waals surface area contributed by atoms with E-state index in [1.54, 1.807) is 48.3 Å². The van der Waals surface area contributed by atoms with Crippen LogP contribution in [0.25, 0.3) is 0 Å². The third kappa shape index (κ3) is 2.43. The number of nitrogens with zero attached hydrogens (tertiary/aromatic N) is 1. The summed E-state index contributed by atoms with van der Waals surface area (Å²) in [6.07, 6.45) is 0. The van der Waals surface area contributed by atoms with Gasteiger partial charge in [0.2, 0.25) is 0 Å². The highest BCUT2D eigenvalue weighted by Crippen LogP contribution is 2.19. The second-order valence-corrected chi connectivity index (χ2v) is 4.08. The summed E-state index contributed by atoms with van der Waals surface area (Å²) < 4.78 is 0. The molecule has 0 unspecified atom stereocenters. The molecule has 2 rings (SSSR count). The van der Waals surface area contributed by atoms with Crippen LogP contribution in [0.5, 0.6) is 0 Å². The van der Waals surface area contributed by atoms with Crippen LogP contribution >= 0.6 is 0 Å². The average molecular weight is 241 g/mol. The zero-order valence-corrected chi connectivity index (χ0v) is 10.1. The van der Waals surface area contributed by atoms with Gasteiger partial charge in [-0.1, -0.05) is 12.1 Å². The molecule has 0 saturated carbocycles. The molecular formula is C14H15N3O. The van der Waals surface area contributed by atoms with Crippen molar-refractivity contribution >= 4 is 23.0 Å². The van der Waals surface area contributed by atoms with Crippen molar-refractivity contribution in [3.05, 3.63) is 54.1 Å². The molecule has 4 heteroatoms. The predicted molar refractivity (Wildman–Crippen MR) is 74.4 cm³/mol. The topological polar surface area (TPSA) is 72.3 Å². The Bertz CT molecular complexity index is 581. The van der Waals surface area contributed by atoms with E-state index in [-0.39, 0.29) is 5.91 Å². The Labute approximate surface area is 106 Å². The van der Waals surface area contributed by atoms with E-state index in [2.05, 4.69) is 0 Å². The van der Waals surface area contributed by atoms with Crippen LogP contribution in [-0.2, 0) is 0 Å². The number of amides is 1. The monoisotopic (exact) mass is 241 g/mol. The van der Waals surface area contributed by atoms with Gasteiger partial charge in [-0.15, -0.1) is 0 Å². The molecule has 2 aromatic carbocycles. The maximum Gasteiger partial charge on any atom is 0.258 e. The van der Waals surface area contributed by atoms with Crippen molar-refractivity contribution in [1.82, 2.24) is 0 Å². The molecule has 0 aliphatic carbocycles. The molecule has 4 nitrogen and oxygen atoms in total. The van der Waals surface area contributed by atoms with Crippen molar-refractivity contribution < 1.29 is 4.79 Å². The van der Waals surface area contributed by atoms with E-state index in [9.17, 15) is 4.79 Å². The molecule has 0 aliphatic heterocycles. The minimum atomic E-state index is -0.118. The maximum absolute atomic E-state index is 12.2. The number of rotatable bonds is 2. The first-order chi connectivity index (χ1) is 8.58. The van der Waals surface area contributed by atoms with Gasteiger partial charge in [0, 0.05) is 29.7 Å². The van der Waals surface area contributed by atoms with Crippen molar-refractivity contribution in [2.24, 2.45) is 0 Å². The van der Waals surface area contributed by atoms with Gasteiger partial charge in [-0.2, -0.15) is 0 Å². The molecule has 0 atom stereocenters. The van der Waals surface area contributed by atoms with E-state index in [4.69, 9.17) is 11.5 Å². The Kier molecular flexibility index (Phi) is 3.19. The van der Waals surface area contributed by atoms with Crippen molar-refractivity contribution in [3.63, 3.8) is 0 Å². The SMILES string of the molecule is CN(C(=O)c1cccc(N)c1)c1cccc(N)c1. The zero-order chi connectivity index (χ0) is 13.1. The molecule has 18 heavy (non-hydrogen) atoms. The molecule has 0 aliphatic rings. The summed E-state index contributed by atoms with van der Waals surface area (Å²) in [7, 11) is 1.71. The first kappa shape index (κ1) is 12.0. The van der Waals surface area contributed by atoms with Crippen LogP contribution in [0.1, 0.15) is 10.4 Å². The van der Waals surface area contributed by atoms with E-state index < -0.39 is 0 Å². The molecule has 0 bridgehead atoms. The van der Waals surface area contributed by atoms with Crippen molar-refractivity contribution in [2.75, 3.05) is 23.4 Å². The van der Waals surface area contributed by atoms with Gasteiger partial charge in [0.05, 0.1) is 0 Å². The van der Waals surface area contributed by atoms with Gasteiger partial charge in [0.25, 0.3) is 5.91 Å². The Morgan fingerprint density at radius 3 is 2.22 bits per heavy atom. The van der Waals surface area contributed by atoms with Gasteiger partial charge in [-0.25, -0.2) is 0 Å². The van der Waals surface area contributed by atoms with E-state index in [1.165, 1.54) is 0 Å². The van der Waals surface area contributed by atoms with Crippen molar-refractivity contribution in [3.8, 4) is 0 Å². The molecule has 2 aromatic rings. The maximum atomic E-state index is 12.2. The van der Waals surface area contributed by atoms with Crippen LogP contribution < -0.4 is 16.4 Å². The van der Waals surface area contributed by atoms with Crippen molar-refractivity contribution in [2.45, 2.75) is 0 Å². The molecule has 4 N–H and O–H groups in total. The van der Waals surface area contributed by atoms with Crippen molar-refractivity contribution in [1.29, 1.82) is 0 Å². The van der Waals surface area contributed by atoms with Gasteiger partial charge in [-0.3, -0.25) is 4.79 Å². The summed E-state index contributed by atoms with van der Waals surface area (Å²) in [6, 6.07) is 14.1. The predicted octanol–water partition coefficient (Wildman–Crippen LogP) is 2.13. The third-order valence-electron chi connectivity index (χ3n) is 2.70. The first-order valence-corrected chi connectivity index (χ1v) is 5.57. The number of hydrogen-bond acceptors (Lipinski definition) is 3. The molecule has 0 fully saturated rings. The summed E-state index contributed by atoms with van der Waals surface area (Å²) in [5.41, 5.74) is 13.9. The Hall–Kier alpha value is -2.49. The van der Waals surface area contributed by atoms with E-state index in [0.717, 1.165) is 5.69 Å². The summed E-state index contributed by atoms with van der Waals surface area (Å²) in [5.74, 6) is -0.118. The van der Waals surface area contributed by atoms with Crippen LogP contribution in [0.3, 0.4) is 0 Å². The van der Waals surface area contributed by atoms with Gasteiger partial charge < -0.3 is 16.4 Å². The lowest BCUT2D eigenvalue weighted by Gasteiger charge is -2.18. The molecule has 0 radical (unpaired) electrons. The Balaban J connectivity index is 2.29. The summed E-state index contributed by atoms with van der Waals surface area (Å²) in [6.45, 7) is 0. The fourth-order valence-corrected chi connectivity index (χ4v) is 1.72. The molecule has 0 heterocycles. The summed E-state index contributed by atoms with van der Waals surface area (Å²) in [5, 5.41) is 0. The normalized spacial score (nSPS) is 10.1. The van der Waals surface area contributed by atoms with Crippen LogP contribution in [0, 0.1) is 0 Å². The molecule has 0 saturated heterocycles. The number of carbonyl (C=O) groups excluding carboxylic acids is 1. The fourth-order valence-electron chi connectivity index (χ4n) is 1.72. The van der Waals surface area contributed by atoms with E-state index in [0.29, 0.717) is 16.9 Å². The minimum absolute atomic E-state index is 0.118. The van der Waals surface area contributed by atoms with Gasteiger partial charge in [0.1, 0.15) is 0 Å². The van der Waals surface area contributed by atoms with Crippen LogP contribution in [-0.4, -0.2) is 13.0 Å². The molecule has 0 spiro atoms. The highest BCUT2D eigenvalue weighted by Gasteiger charge is 2.13. The minimum Gasteiger partial charge on any atom is -0.399 e. The highest BCUT2D eigenvalue weighted by atomic mass is 16.2. The lowest BCUT2D eigenvalue weighted by molar-refractivity contribution is 0.0993. The van der Waals surface area contributed by atoms with Crippen LogP contribution in [0.4, 0.5) is 17.1 Å². The van der Waals surface area contributed by atoms with Gasteiger partial charge >= 0.3 is 0 Å². The number of carbonyl (C=O) groups is 1. The molecule has 0 aromatic heterocycles. The number of nitrogen functional groups attached to an aromatic ring is 2. The highest BCUT2D eigenvalue weighted by molar-refractivity contribution is 6.06. The smallest absolute Gasteiger partial charge is 0.258 e. The number of benzene rings is 2. The second-order valence-electron chi connectivity index (χ2n) is 4.08. The lowest BCUT2D eigenvalue weighted by atomic mass is 10.1. The van der Waals surface area contributed by atoms with E-state index >= 15 is 0 Å². The Morgan fingerprint density at radius 1 is 1.00 bits per heavy atom. The average Bonchev–Trinajstić information content (AvgIpc) is 2.37. The second kappa shape index (κ2) is 4.79. The quantitative estimate of drug-likeness (QED) is 0.791. The summed E-state index contributed by atoms with van der Waals surface area (Å²) >= 11 is 0. The molecule has 92 valence electrons. The molecule has 1 amide bonds. The standard InChI is InChI=1S/C14H15N3O/c1-17(13-7-3-6-12(16)9-13)14(18)10-4-2-5-11(15)8-10/h2-9H,15-16H2,1H3. The zero-order valence-electron chi connectivity index (χ0n) is 10.1. The van der Waals surface area contributed by atoms with Crippen LogP contribution in [0.15, 0.2) is 48.5 Å². The number of hydrogen-bond donors (Lipinski definition) is 2. The summed E-state index contributed by atoms with van der Waals surface area (Å²) in [4.78, 5) is 13.8. The largest absolute Gasteiger partial charge is 0.399 e. The third-order valence-corrected chi connectivity index (χ3v) is 2.70. The van der Waals surface area contributed by atoms with Crippen LogP contribution in [0.2, 0.25) is 0 Å². The first-order valence-electron chi connectivity index (χ1n) is 5.57. The lowest BCUT2D eigenvalue weighted by Crippen LogP contribution is -2.26. The Morgan fingerprint density at radius 2 is 1.61 bits per heavy atom.